The minimum absolute atomic E-state index is 0.0466. The van der Waals surface area contributed by atoms with Gasteiger partial charge in [0.1, 0.15) is 5.03 Å². The Labute approximate surface area is 109 Å². The van der Waals surface area contributed by atoms with Gasteiger partial charge >= 0.3 is 6.18 Å². The molecule has 0 radical (unpaired) electrons. The highest BCUT2D eigenvalue weighted by Gasteiger charge is 2.33. The Balaban J connectivity index is 2.96. The lowest BCUT2D eigenvalue weighted by Crippen LogP contribution is -2.13. The summed E-state index contributed by atoms with van der Waals surface area (Å²) in [5.74, 6) is 0.784. The summed E-state index contributed by atoms with van der Waals surface area (Å²) in [6, 6.07) is 0.997. The largest absolute Gasteiger partial charge is 0.433 e. The molecule has 1 aromatic heterocycles. The van der Waals surface area contributed by atoms with Gasteiger partial charge < -0.3 is 5.32 Å². The molecule has 3 nitrogen and oxygen atoms in total. The first-order valence-electron chi connectivity index (χ1n) is 5.80. The fraction of sp³-hybridized carbons (Fsp3) is 0.636. The summed E-state index contributed by atoms with van der Waals surface area (Å²) in [5.41, 5.74) is -0.894. The maximum atomic E-state index is 12.7. The lowest BCUT2D eigenvalue weighted by atomic mass is 10.4. The summed E-state index contributed by atoms with van der Waals surface area (Å²) in [5, 5.41) is 3.15. The molecule has 0 unspecified atom stereocenters. The zero-order valence-electron chi connectivity index (χ0n) is 10.3. The first kappa shape index (κ1) is 15.1. The standard InChI is InChI=1S/C11H16F3N3S/c1-3-5-15-10-16-8(11(12,13)14)7-9(17-10)18-6-4-2/h7H,3-6H2,1-2H3,(H,15,16,17). The van der Waals surface area contributed by atoms with Crippen LogP contribution in [-0.2, 0) is 6.18 Å². The number of thioether (sulfide) groups is 1. The minimum Gasteiger partial charge on any atom is -0.354 e. The number of nitrogens with zero attached hydrogens (tertiary/aromatic N) is 2. The van der Waals surface area contributed by atoms with E-state index in [-0.39, 0.29) is 5.95 Å². The number of hydrogen-bond acceptors (Lipinski definition) is 4. The fourth-order valence-corrected chi connectivity index (χ4v) is 1.93. The summed E-state index contributed by atoms with van der Waals surface area (Å²) in [7, 11) is 0. The highest BCUT2D eigenvalue weighted by molar-refractivity contribution is 7.99. The van der Waals surface area contributed by atoms with Crippen LogP contribution in [0.5, 0.6) is 0 Å². The van der Waals surface area contributed by atoms with Gasteiger partial charge in [-0.3, -0.25) is 0 Å². The molecule has 0 amide bonds. The van der Waals surface area contributed by atoms with Crippen LogP contribution in [0.4, 0.5) is 19.1 Å². The Hall–Kier alpha value is -0.980. The van der Waals surface area contributed by atoms with Crippen molar-refractivity contribution in [1.82, 2.24) is 9.97 Å². The summed E-state index contributed by atoms with van der Waals surface area (Å²) in [4.78, 5) is 7.55. The summed E-state index contributed by atoms with van der Waals surface area (Å²) >= 11 is 1.31. The van der Waals surface area contributed by atoms with Crippen molar-refractivity contribution >= 4 is 17.7 Å². The van der Waals surface area contributed by atoms with E-state index in [1.54, 1.807) is 0 Å². The van der Waals surface area contributed by atoms with E-state index in [1.165, 1.54) is 11.8 Å². The Bertz CT molecular complexity index is 356. The number of anilines is 1. The van der Waals surface area contributed by atoms with Crippen LogP contribution < -0.4 is 5.32 Å². The number of rotatable bonds is 6. The van der Waals surface area contributed by atoms with Gasteiger partial charge in [0.05, 0.1) is 0 Å². The number of hydrogen-bond donors (Lipinski definition) is 1. The smallest absolute Gasteiger partial charge is 0.354 e. The normalized spacial score (nSPS) is 11.6. The predicted octanol–water partition coefficient (Wildman–Crippen LogP) is 3.82. The molecule has 1 rings (SSSR count). The van der Waals surface area contributed by atoms with Crippen molar-refractivity contribution in [2.24, 2.45) is 0 Å². The van der Waals surface area contributed by atoms with Gasteiger partial charge in [-0.2, -0.15) is 13.2 Å². The van der Waals surface area contributed by atoms with Gasteiger partial charge in [-0.05, 0) is 18.6 Å². The first-order valence-corrected chi connectivity index (χ1v) is 6.78. The minimum atomic E-state index is -4.44. The van der Waals surface area contributed by atoms with Crippen LogP contribution in [0.2, 0.25) is 0 Å². The average Bonchev–Trinajstić information content (AvgIpc) is 2.32. The molecule has 7 heteroatoms. The van der Waals surface area contributed by atoms with E-state index >= 15 is 0 Å². The Kier molecular flexibility index (Phi) is 5.71. The van der Waals surface area contributed by atoms with E-state index in [0.29, 0.717) is 11.6 Å². The van der Waals surface area contributed by atoms with Crippen molar-refractivity contribution in [1.29, 1.82) is 0 Å². The van der Waals surface area contributed by atoms with E-state index < -0.39 is 11.9 Å². The van der Waals surface area contributed by atoms with Gasteiger partial charge in [-0.1, -0.05) is 13.8 Å². The number of alkyl halides is 3. The molecule has 0 aromatic carbocycles. The van der Waals surface area contributed by atoms with E-state index in [4.69, 9.17) is 0 Å². The van der Waals surface area contributed by atoms with Gasteiger partial charge in [0, 0.05) is 12.6 Å². The molecule has 0 aliphatic carbocycles. The third kappa shape index (κ3) is 4.72. The van der Waals surface area contributed by atoms with E-state index in [0.717, 1.165) is 24.7 Å². The summed E-state index contributed by atoms with van der Waals surface area (Å²) < 4.78 is 38.0. The fourth-order valence-electron chi connectivity index (χ4n) is 1.17. The number of aromatic nitrogens is 2. The van der Waals surface area contributed by atoms with E-state index in [9.17, 15) is 13.2 Å². The molecule has 0 fully saturated rings. The van der Waals surface area contributed by atoms with E-state index in [2.05, 4.69) is 15.3 Å². The average molecular weight is 279 g/mol. The van der Waals surface area contributed by atoms with Crippen molar-refractivity contribution in [2.75, 3.05) is 17.6 Å². The van der Waals surface area contributed by atoms with Gasteiger partial charge in [0.25, 0.3) is 0 Å². The van der Waals surface area contributed by atoms with Crippen LogP contribution in [0.15, 0.2) is 11.1 Å². The van der Waals surface area contributed by atoms with Crippen molar-refractivity contribution < 1.29 is 13.2 Å². The zero-order valence-corrected chi connectivity index (χ0v) is 11.2. The van der Waals surface area contributed by atoms with Gasteiger partial charge in [-0.25, -0.2) is 9.97 Å². The molecular formula is C11H16F3N3S. The van der Waals surface area contributed by atoms with E-state index in [1.807, 2.05) is 13.8 Å². The quantitative estimate of drug-likeness (QED) is 0.634. The van der Waals surface area contributed by atoms with Gasteiger partial charge in [-0.15, -0.1) is 11.8 Å². The lowest BCUT2D eigenvalue weighted by Gasteiger charge is -2.10. The van der Waals surface area contributed by atoms with Gasteiger partial charge in [0.2, 0.25) is 5.95 Å². The molecule has 0 saturated heterocycles. The lowest BCUT2D eigenvalue weighted by molar-refractivity contribution is -0.141. The van der Waals surface area contributed by atoms with Crippen LogP contribution >= 0.6 is 11.8 Å². The van der Waals surface area contributed by atoms with Crippen molar-refractivity contribution in [2.45, 2.75) is 37.9 Å². The van der Waals surface area contributed by atoms with Crippen LogP contribution in [0, 0.1) is 0 Å². The molecule has 18 heavy (non-hydrogen) atoms. The molecule has 0 bridgehead atoms. The SMILES string of the molecule is CCCNc1nc(SCCC)cc(C(F)(F)F)n1. The highest BCUT2D eigenvalue weighted by atomic mass is 32.2. The Morgan fingerprint density at radius 1 is 1.22 bits per heavy atom. The summed E-state index contributed by atoms with van der Waals surface area (Å²) in [6.07, 6.45) is -2.75. The molecule has 0 aliphatic heterocycles. The van der Waals surface area contributed by atoms with Gasteiger partial charge in [0.15, 0.2) is 5.69 Å². The molecule has 0 atom stereocenters. The molecule has 1 aromatic rings. The van der Waals surface area contributed by atoms with Crippen LogP contribution in [0.3, 0.4) is 0 Å². The van der Waals surface area contributed by atoms with Crippen LogP contribution in [-0.4, -0.2) is 22.3 Å². The Morgan fingerprint density at radius 3 is 2.50 bits per heavy atom. The Morgan fingerprint density at radius 2 is 1.94 bits per heavy atom. The highest BCUT2D eigenvalue weighted by Crippen LogP contribution is 2.30. The molecule has 0 saturated carbocycles. The monoisotopic (exact) mass is 279 g/mol. The summed E-state index contributed by atoms with van der Waals surface area (Å²) in [6.45, 7) is 4.45. The second-order valence-corrected chi connectivity index (χ2v) is 4.80. The zero-order chi connectivity index (χ0) is 13.6. The number of halogens is 3. The topological polar surface area (TPSA) is 37.8 Å². The number of nitrogens with one attached hydrogen (secondary N) is 1. The molecule has 1 N–H and O–H groups in total. The molecule has 1 heterocycles. The molecule has 0 spiro atoms. The maximum absolute atomic E-state index is 12.7. The van der Waals surface area contributed by atoms with Crippen LogP contribution in [0.1, 0.15) is 32.4 Å². The molecular weight excluding hydrogens is 263 g/mol. The first-order chi connectivity index (χ1) is 8.47. The van der Waals surface area contributed by atoms with Crippen molar-refractivity contribution in [3.8, 4) is 0 Å². The third-order valence-electron chi connectivity index (χ3n) is 1.98. The molecule has 102 valence electrons. The predicted molar refractivity (Wildman–Crippen MR) is 66.8 cm³/mol. The molecule has 0 aliphatic rings. The third-order valence-corrected chi connectivity index (χ3v) is 3.10. The second kappa shape index (κ2) is 6.82. The van der Waals surface area contributed by atoms with Crippen LogP contribution in [0.25, 0.3) is 0 Å². The van der Waals surface area contributed by atoms with Crippen molar-refractivity contribution in [3.63, 3.8) is 0 Å². The van der Waals surface area contributed by atoms with Crippen molar-refractivity contribution in [3.05, 3.63) is 11.8 Å². The second-order valence-electron chi connectivity index (χ2n) is 3.69. The maximum Gasteiger partial charge on any atom is 0.433 e.